The number of Topliss-reactive ketones (excluding diaryl/α,β-unsaturated/α-hetero) is 1. The van der Waals surface area contributed by atoms with Crippen molar-refractivity contribution in [1.82, 2.24) is 0 Å². The lowest BCUT2D eigenvalue weighted by atomic mass is 10.0. The topological polar surface area (TPSA) is 69.7 Å². The van der Waals surface area contributed by atoms with E-state index in [2.05, 4.69) is 0 Å². The van der Waals surface area contributed by atoms with Gasteiger partial charge in [-0.15, -0.1) is 0 Å². The van der Waals surface area contributed by atoms with E-state index in [-0.39, 0.29) is 11.5 Å². The molecule has 0 fully saturated rings. The standard InChI is InChI=1S/C19H30O5S/c1-19(2,3)25(21,22)12-8-6-7-9-16(20)13-15-10-11-17(23-4)18(14-15)24-5/h10-11,14H,6-9,12-13H2,1-5H3. The SMILES string of the molecule is COc1ccc(CC(=O)CCCCCS(=O)(=O)C(C)(C)C)cc1OC. The predicted molar refractivity (Wildman–Crippen MR) is 100 cm³/mol. The number of sulfone groups is 1. The summed E-state index contributed by atoms with van der Waals surface area (Å²) in [6.07, 6.45) is 2.87. The van der Waals surface area contributed by atoms with E-state index in [1.807, 2.05) is 12.1 Å². The summed E-state index contributed by atoms with van der Waals surface area (Å²) in [6.45, 7) is 5.15. The van der Waals surface area contributed by atoms with Gasteiger partial charge in [0.2, 0.25) is 0 Å². The quantitative estimate of drug-likeness (QED) is 0.589. The average Bonchev–Trinajstić information content (AvgIpc) is 2.53. The van der Waals surface area contributed by atoms with E-state index < -0.39 is 14.6 Å². The second-order valence-electron chi connectivity index (χ2n) is 7.15. The molecule has 0 amide bonds. The van der Waals surface area contributed by atoms with Crippen LogP contribution in [-0.2, 0) is 21.1 Å². The highest BCUT2D eigenvalue weighted by Crippen LogP contribution is 2.28. The fourth-order valence-corrected chi connectivity index (χ4v) is 3.60. The number of rotatable bonds is 10. The van der Waals surface area contributed by atoms with Gasteiger partial charge in [0.05, 0.1) is 24.7 Å². The first-order chi connectivity index (χ1) is 11.6. The van der Waals surface area contributed by atoms with E-state index in [1.54, 1.807) is 41.1 Å². The average molecular weight is 371 g/mol. The lowest BCUT2D eigenvalue weighted by molar-refractivity contribution is -0.118. The van der Waals surface area contributed by atoms with Crippen molar-refractivity contribution in [1.29, 1.82) is 0 Å². The van der Waals surface area contributed by atoms with Crippen molar-refractivity contribution in [3.05, 3.63) is 23.8 Å². The first kappa shape index (κ1) is 21.5. The molecule has 1 aromatic carbocycles. The van der Waals surface area contributed by atoms with E-state index in [0.29, 0.717) is 37.2 Å². The van der Waals surface area contributed by atoms with Gasteiger partial charge in [-0.1, -0.05) is 12.5 Å². The van der Waals surface area contributed by atoms with E-state index in [0.717, 1.165) is 12.0 Å². The van der Waals surface area contributed by atoms with Crippen LogP contribution in [0, 0.1) is 0 Å². The van der Waals surface area contributed by atoms with Gasteiger partial charge >= 0.3 is 0 Å². The predicted octanol–water partition coefficient (Wildman–Crippen LogP) is 3.59. The molecule has 0 atom stereocenters. The Morgan fingerprint density at radius 1 is 1.00 bits per heavy atom. The smallest absolute Gasteiger partial charge is 0.161 e. The molecule has 0 aliphatic heterocycles. The third-order valence-electron chi connectivity index (χ3n) is 4.15. The van der Waals surface area contributed by atoms with E-state index in [9.17, 15) is 13.2 Å². The minimum atomic E-state index is -3.07. The van der Waals surface area contributed by atoms with Crippen molar-refractivity contribution < 1.29 is 22.7 Å². The van der Waals surface area contributed by atoms with Gasteiger partial charge in [-0.05, 0) is 51.3 Å². The Morgan fingerprint density at radius 3 is 2.20 bits per heavy atom. The van der Waals surface area contributed by atoms with E-state index >= 15 is 0 Å². The van der Waals surface area contributed by atoms with Crippen molar-refractivity contribution in [2.75, 3.05) is 20.0 Å². The normalized spacial score (nSPS) is 12.0. The number of hydrogen-bond donors (Lipinski definition) is 0. The molecule has 0 heterocycles. The van der Waals surface area contributed by atoms with Gasteiger partial charge in [-0.25, -0.2) is 8.42 Å². The van der Waals surface area contributed by atoms with Crippen LogP contribution in [0.1, 0.15) is 52.0 Å². The lowest BCUT2D eigenvalue weighted by Gasteiger charge is -2.18. The van der Waals surface area contributed by atoms with Gasteiger partial charge in [-0.2, -0.15) is 0 Å². The van der Waals surface area contributed by atoms with Crippen LogP contribution in [0.2, 0.25) is 0 Å². The Bertz CT molecular complexity index is 672. The molecule has 5 nitrogen and oxygen atoms in total. The molecule has 0 spiro atoms. The molecule has 0 saturated heterocycles. The second-order valence-corrected chi connectivity index (χ2v) is 10.0. The highest BCUT2D eigenvalue weighted by Gasteiger charge is 2.27. The van der Waals surface area contributed by atoms with E-state index in [4.69, 9.17) is 9.47 Å². The van der Waals surface area contributed by atoms with Gasteiger partial charge in [-0.3, -0.25) is 4.79 Å². The van der Waals surface area contributed by atoms with Crippen molar-refractivity contribution in [3.63, 3.8) is 0 Å². The van der Waals surface area contributed by atoms with Crippen LogP contribution in [-0.4, -0.2) is 38.9 Å². The molecule has 6 heteroatoms. The van der Waals surface area contributed by atoms with Crippen LogP contribution < -0.4 is 9.47 Å². The lowest BCUT2D eigenvalue weighted by Crippen LogP contribution is -2.30. The van der Waals surface area contributed by atoms with Gasteiger partial charge < -0.3 is 9.47 Å². The summed E-state index contributed by atoms with van der Waals surface area (Å²) in [5, 5.41) is 0. The fraction of sp³-hybridized carbons (Fsp3) is 0.632. The minimum Gasteiger partial charge on any atom is -0.493 e. The van der Waals surface area contributed by atoms with Crippen molar-refractivity contribution >= 4 is 15.6 Å². The highest BCUT2D eigenvalue weighted by molar-refractivity contribution is 7.92. The first-order valence-corrected chi connectivity index (χ1v) is 10.2. The van der Waals surface area contributed by atoms with Crippen LogP contribution in [0.4, 0.5) is 0 Å². The molecule has 0 bridgehead atoms. The molecule has 142 valence electrons. The third-order valence-corrected chi connectivity index (χ3v) is 6.84. The summed E-state index contributed by atoms with van der Waals surface area (Å²) >= 11 is 0. The zero-order chi connectivity index (χ0) is 19.1. The van der Waals surface area contributed by atoms with Crippen LogP contribution >= 0.6 is 0 Å². The second kappa shape index (κ2) is 9.22. The van der Waals surface area contributed by atoms with Crippen LogP contribution in [0.15, 0.2) is 18.2 Å². The highest BCUT2D eigenvalue weighted by atomic mass is 32.2. The molecule has 1 rings (SSSR count). The number of methoxy groups -OCH3 is 2. The molecule has 0 radical (unpaired) electrons. The van der Waals surface area contributed by atoms with Crippen molar-refractivity contribution in [2.24, 2.45) is 0 Å². The zero-order valence-electron chi connectivity index (χ0n) is 15.9. The first-order valence-electron chi connectivity index (χ1n) is 8.55. The monoisotopic (exact) mass is 370 g/mol. The molecular weight excluding hydrogens is 340 g/mol. The molecule has 25 heavy (non-hydrogen) atoms. The molecule has 0 saturated carbocycles. The molecular formula is C19H30O5S. The maximum absolute atomic E-state index is 12.1. The maximum atomic E-state index is 12.1. The Balaban J connectivity index is 2.39. The number of unbranched alkanes of at least 4 members (excludes halogenated alkanes) is 2. The largest absolute Gasteiger partial charge is 0.493 e. The van der Waals surface area contributed by atoms with Crippen LogP contribution in [0.3, 0.4) is 0 Å². The summed E-state index contributed by atoms with van der Waals surface area (Å²) in [6, 6.07) is 5.46. The number of carbonyl (C=O) groups excluding carboxylic acids is 1. The van der Waals surface area contributed by atoms with Gasteiger partial charge in [0.15, 0.2) is 21.3 Å². The molecule has 0 aliphatic carbocycles. The fourth-order valence-electron chi connectivity index (χ4n) is 2.40. The summed E-state index contributed by atoms with van der Waals surface area (Å²) in [7, 11) is 0.0645. The van der Waals surface area contributed by atoms with Crippen LogP contribution in [0.5, 0.6) is 11.5 Å². The Hall–Kier alpha value is -1.56. The Morgan fingerprint density at radius 2 is 1.64 bits per heavy atom. The summed E-state index contributed by atoms with van der Waals surface area (Å²) in [4.78, 5) is 12.1. The van der Waals surface area contributed by atoms with Gasteiger partial charge in [0, 0.05) is 12.8 Å². The molecule has 0 N–H and O–H groups in total. The number of ketones is 1. The molecule has 0 unspecified atom stereocenters. The molecule has 1 aromatic rings. The van der Waals surface area contributed by atoms with Crippen LogP contribution in [0.25, 0.3) is 0 Å². The van der Waals surface area contributed by atoms with Crippen molar-refractivity contribution in [2.45, 2.75) is 57.6 Å². The summed E-state index contributed by atoms with van der Waals surface area (Å²) in [5.74, 6) is 1.57. The third kappa shape index (κ3) is 6.69. The van der Waals surface area contributed by atoms with E-state index in [1.165, 1.54) is 0 Å². The van der Waals surface area contributed by atoms with Gasteiger partial charge in [0.1, 0.15) is 5.78 Å². The minimum absolute atomic E-state index is 0.144. The number of benzene rings is 1. The van der Waals surface area contributed by atoms with Crippen molar-refractivity contribution in [3.8, 4) is 11.5 Å². The maximum Gasteiger partial charge on any atom is 0.161 e. The van der Waals surface area contributed by atoms with Gasteiger partial charge in [0.25, 0.3) is 0 Å². The Kier molecular flexibility index (Phi) is 7.93. The summed E-state index contributed by atoms with van der Waals surface area (Å²) < 4.78 is 33.7. The number of carbonyl (C=O) groups is 1. The zero-order valence-corrected chi connectivity index (χ0v) is 16.7. The summed E-state index contributed by atoms with van der Waals surface area (Å²) in [5.41, 5.74) is 0.887. The Labute approximate surface area is 151 Å². The molecule has 0 aliphatic rings. The number of ether oxygens (including phenoxy) is 2. The molecule has 0 aromatic heterocycles. The number of hydrogen-bond acceptors (Lipinski definition) is 5.